The summed E-state index contributed by atoms with van der Waals surface area (Å²) in [7, 11) is 0. The molecule has 12 heavy (non-hydrogen) atoms. The number of nitrogens with zero attached hydrogens (tertiary/aromatic N) is 1. The number of hydrogen-bond donors (Lipinski definition) is 1. The summed E-state index contributed by atoms with van der Waals surface area (Å²) in [6, 6.07) is 0.590. The fourth-order valence-electron chi connectivity index (χ4n) is 1.37. The van der Waals surface area contributed by atoms with Crippen molar-refractivity contribution in [2.24, 2.45) is 4.99 Å². The van der Waals surface area contributed by atoms with Crippen molar-refractivity contribution in [1.82, 2.24) is 5.32 Å². The molecule has 2 heteroatoms. The highest BCUT2D eigenvalue weighted by Gasteiger charge is 2.12. The van der Waals surface area contributed by atoms with Crippen molar-refractivity contribution >= 4 is 6.21 Å². The van der Waals surface area contributed by atoms with Crippen LogP contribution < -0.4 is 5.32 Å². The van der Waals surface area contributed by atoms with Gasteiger partial charge in [-0.1, -0.05) is 12.7 Å². The lowest BCUT2D eigenvalue weighted by Crippen LogP contribution is -2.32. The Morgan fingerprint density at radius 2 is 2.42 bits per heavy atom. The fraction of sp³-hybridized carbons (Fsp3) is 0.500. The van der Waals surface area contributed by atoms with Gasteiger partial charge in [0.15, 0.2) is 0 Å². The summed E-state index contributed by atoms with van der Waals surface area (Å²) in [5.74, 6) is 0. The Kier molecular flexibility index (Phi) is 3.23. The monoisotopic (exact) mass is 164 g/mol. The predicted molar refractivity (Wildman–Crippen MR) is 53.5 cm³/mol. The van der Waals surface area contributed by atoms with Gasteiger partial charge in [-0.15, -0.1) is 0 Å². The van der Waals surface area contributed by atoms with Gasteiger partial charge in [0, 0.05) is 18.8 Å². The van der Waals surface area contributed by atoms with Crippen molar-refractivity contribution < 1.29 is 0 Å². The maximum absolute atomic E-state index is 4.29. The summed E-state index contributed by atoms with van der Waals surface area (Å²) in [4.78, 5) is 4.29. The molecule has 2 nitrogen and oxygen atoms in total. The minimum Gasteiger partial charge on any atom is -0.308 e. The van der Waals surface area contributed by atoms with Gasteiger partial charge in [0.05, 0.1) is 5.70 Å². The zero-order valence-electron chi connectivity index (χ0n) is 7.80. The largest absolute Gasteiger partial charge is 0.308 e. The van der Waals surface area contributed by atoms with E-state index in [0.717, 1.165) is 18.7 Å². The van der Waals surface area contributed by atoms with Crippen molar-refractivity contribution in [2.75, 3.05) is 6.54 Å². The van der Waals surface area contributed by atoms with E-state index in [4.69, 9.17) is 0 Å². The average Bonchev–Trinajstić information content (AvgIpc) is 2.03. The van der Waals surface area contributed by atoms with E-state index in [-0.39, 0.29) is 0 Å². The second-order valence-electron chi connectivity index (χ2n) is 3.23. The van der Waals surface area contributed by atoms with Crippen molar-refractivity contribution in [3.63, 3.8) is 0 Å². The minimum absolute atomic E-state index is 0.590. The third kappa shape index (κ3) is 2.31. The number of rotatable bonds is 2. The van der Waals surface area contributed by atoms with Crippen LogP contribution in [0.5, 0.6) is 0 Å². The molecule has 0 aromatic carbocycles. The topological polar surface area (TPSA) is 24.4 Å². The Morgan fingerprint density at radius 3 is 3.00 bits per heavy atom. The standard InChI is InChI=1S/C10H16N2/c1-4-5-11-10-7-12-9(3)6-8(10)2/h4-5,9,12H,1,6-7H2,2-3H3/b11-5-. The molecule has 1 N–H and O–H groups in total. The molecule has 0 fully saturated rings. The lowest BCUT2D eigenvalue weighted by Gasteiger charge is -2.21. The molecule has 0 amide bonds. The average molecular weight is 164 g/mol. The van der Waals surface area contributed by atoms with Crippen molar-refractivity contribution in [1.29, 1.82) is 0 Å². The zero-order chi connectivity index (χ0) is 8.97. The van der Waals surface area contributed by atoms with Crippen LogP contribution in [0.15, 0.2) is 28.9 Å². The third-order valence-electron chi connectivity index (χ3n) is 2.06. The number of allylic oxidation sites excluding steroid dienone is 1. The van der Waals surface area contributed by atoms with E-state index >= 15 is 0 Å². The first-order chi connectivity index (χ1) is 5.74. The van der Waals surface area contributed by atoms with Crippen LogP contribution in [0.3, 0.4) is 0 Å². The van der Waals surface area contributed by atoms with Crippen LogP contribution in [0.4, 0.5) is 0 Å². The highest BCUT2D eigenvalue weighted by molar-refractivity contribution is 5.71. The van der Waals surface area contributed by atoms with E-state index in [9.17, 15) is 0 Å². The molecule has 0 aromatic rings. The Balaban J connectivity index is 2.68. The van der Waals surface area contributed by atoms with Gasteiger partial charge < -0.3 is 5.32 Å². The minimum atomic E-state index is 0.590. The van der Waals surface area contributed by atoms with Gasteiger partial charge in [-0.25, -0.2) is 0 Å². The second kappa shape index (κ2) is 4.21. The molecule has 0 aliphatic carbocycles. The number of nitrogens with one attached hydrogen (secondary N) is 1. The molecule has 1 heterocycles. The smallest absolute Gasteiger partial charge is 0.0531 e. The maximum atomic E-state index is 4.29. The molecule has 66 valence electrons. The molecule has 0 bridgehead atoms. The quantitative estimate of drug-likeness (QED) is 0.619. The Hall–Kier alpha value is -0.890. The van der Waals surface area contributed by atoms with Crippen molar-refractivity contribution in [3.05, 3.63) is 23.9 Å². The molecular weight excluding hydrogens is 148 g/mol. The molecular formula is C10H16N2. The number of aliphatic imine (C=N–C) groups is 1. The third-order valence-corrected chi connectivity index (χ3v) is 2.06. The fourth-order valence-corrected chi connectivity index (χ4v) is 1.37. The van der Waals surface area contributed by atoms with E-state index in [2.05, 4.69) is 30.7 Å². The zero-order valence-corrected chi connectivity index (χ0v) is 7.80. The van der Waals surface area contributed by atoms with E-state index < -0.39 is 0 Å². The Bertz CT molecular complexity index is 226. The normalized spacial score (nSPS) is 25.0. The summed E-state index contributed by atoms with van der Waals surface area (Å²) < 4.78 is 0. The van der Waals surface area contributed by atoms with Crippen LogP contribution in [-0.2, 0) is 0 Å². The van der Waals surface area contributed by atoms with Crippen LogP contribution in [0, 0.1) is 0 Å². The highest BCUT2D eigenvalue weighted by Crippen LogP contribution is 2.15. The highest BCUT2D eigenvalue weighted by atomic mass is 15.0. The molecule has 1 aliphatic heterocycles. The van der Waals surface area contributed by atoms with E-state index in [1.165, 1.54) is 5.57 Å². The maximum Gasteiger partial charge on any atom is 0.0531 e. The van der Waals surface area contributed by atoms with Crippen LogP contribution in [0.2, 0.25) is 0 Å². The van der Waals surface area contributed by atoms with Gasteiger partial charge >= 0.3 is 0 Å². The van der Waals surface area contributed by atoms with E-state index in [0.29, 0.717) is 6.04 Å². The molecule has 1 aliphatic rings. The summed E-state index contributed by atoms with van der Waals surface area (Å²) in [6.45, 7) is 8.82. The van der Waals surface area contributed by atoms with Gasteiger partial charge in [-0.2, -0.15) is 0 Å². The second-order valence-corrected chi connectivity index (χ2v) is 3.23. The first-order valence-electron chi connectivity index (χ1n) is 4.31. The van der Waals surface area contributed by atoms with Crippen LogP contribution >= 0.6 is 0 Å². The molecule has 1 rings (SSSR count). The molecule has 0 saturated heterocycles. The SMILES string of the molecule is C=C/C=N\C1=C(C)CC(C)NC1. The summed E-state index contributed by atoms with van der Waals surface area (Å²) in [6.07, 6.45) is 4.55. The van der Waals surface area contributed by atoms with Crippen LogP contribution in [-0.4, -0.2) is 18.8 Å². The van der Waals surface area contributed by atoms with E-state index in [1.807, 2.05) is 0 Å². The van der Waals surface area contributed by atoms with Gasteiger partial charge in [-0.3, -0.25) is 4.99 Å². The van der Waals surface area contributed by atoms with Gasteiger partial charge in [-0.05, 0) is 25.8 Å². The summed E-state index contributed by atoms with van der Waals surface area (Å²) >= 11 is 0. The van der Waals surface area contributed by atoms with Crippen LogP contribution in [0.1, 0.15) is 20.3 Å². The van der Waals surface area contributed by atoms with Gasteiger partial charge in [0.1, 0.15) is 0 Å². The molecule has 0 radical (unpaired) electrons. The number of hydrogen-bond acceptors (Lipinski definition) is 2. The lowest BCUT2D eigenvalue weighted by molar-refractivity contribution is 0.536. The van der Waals surface area contributed by atoms with Gasteiger partial charge in [0.2, 0.25) is 0 Å². The van der Waals surface area contributed by atoms with Crippen molar-refractivity contribution in [3.8, 4) is 0 Å². The van der Waals surface area contributed by atoms with Crippen LogP contribution in [0.25, 0.3) is 0 Å². The summed E-state index contributed by atoms with van der Waals surface area (Å²) in [5.41, 5.74) is 2.55. The molecule has 0 aromatic heterocycles. The molecule has 1 atom stereocenters. The molecule has 0 spiro atoms. The predicted octanol–water partition coefficient (Wildman–Crippen LogP) is 1.90. The lowest BCUT2D eigenvalue weighted by atomic mass is 10.0. The first kappa shape index (κ1) is 9.20. The molecule has 1 unspecified atom stereocenters. The summed E-state index contributed by atoms with van der Waals surface area (Å²) in [5, 5.41) is 3.37. The van der Waals surface area contributed by atoms with Crippen molar-refractivity contribution in [2.45, 2.75) is 26.3 Å². The van der Waals surface area contributed by atoms with Gasteiger partial charge in [0.25, 0.3) is 0 Å². The Labute approximate surface area is 74.1 Å². The first-order valence-corrected chi connectivity index (χ1v) is 4.31. The molecule has 0 saturated carbocycles. The van der Waals surface area contributed by atoms with E-state index in [1.54, 1.807) is 12.3 Å². The Morgan fingerprint density at radius 1 is 1.67 bits per heavy atom.